The van der Waals surface area contributed by atoms with Crippen LogP contribution in [0, 0.1) is 5.92 Å². The van der Waals surface area contributed by atoms with Crippen LogP contribution >= 0.6 is 0 Å². The molecule has 58 heavy (non-hydrogen) atoms. The Hall–Kier alpha value is -6.95. The molecular formula is C53H40N4O. The van der Waals surface area contributed by atoms with E-state index in [1.807, 2.05) is 0 Å². The van der Waals surface area contributed by atoms with Crippen molar-refractivity contribution in [3.05, 3.63) is 187 Å². The molecule has 0 saturated carbocycles. The highest BCUT2D eigenvalue weighted by Crippen LogP contribution is 2.43. The van der Waals surface area contributed by atoms with E-state index in [0.717, 1.165) is 51.9 Å². The van der Waals surface area contributed by atoms with Gasteiger partial charge in [0.2, 0.25) is 0 Å². The van der Waals surface area contributed by atoms with E-state index in [0.29, 0.717) is 0 Å². The first-order valence-electron chi connectivity index (χ1n) is 20.4. The Labute approximate surface area is 335 Å². The highest BCUT2D eigenvalue weighted by atomic mass is 16.3. The van der Waals surface area contributed by atoms with Crippen LogP contribution in [0.4, 0.5) is 0 Å². The van der Waals surface area contributed by atoms with Crippen LogP contribution in [0.2, 0.25) is 0 Å². The topological polar surface area (TPSA) is 47.4 Å². The zero-order valence-corrected chi connectivity index (χ0v) is 32.1. The van der Waals surface area contributed by atoms with Crippen LogP contribution in [0.3, 0.4) is 0 Å². The number of hydrogen-bond acceptors (Lipinski definition) is 3. The first-order valence-corrected chi connectivity index (χ1v) is 20.4. The van der Waals surface area contributed by atoms with Gasteiger partial charge in [-0.1, -0.05) is 134 Å². The molecule has 0 spiro atoms. The number of nitrogens with zero attached hydrogens (tertiary/aromatic N) is 3. The van der Waals surface area contributed by atoms with Gasteiger partial charge in [-0.25, -0.2) is 4.99 Å². The third-order valence-electron chi connectivity index (χ3n) is 12.6. The fourth-order valence-electron chi connectivity index (χ4n) is 9.83. The average molecular weight is 749 g/mol. The molecule has 8 aromatic carbocycles. The van der Waals surface area contributed by atoms with Crippen LogP contribution in [-0.4, -0.2) is 15.0 Å². The summed E-state index contributed by atoms with van der Waals surface area (Å²) in [6.07, 6.45) is 1.51. The van der Waals surface area contributed by atoms with E-state index in [1.165, 1.54) is 59.9 Å². The van der Waals surface area contributed by atoms with Gasteiger partial charge in [-0.15, -0.1) is 0 Å². The summed E-state index contributed by atoms with van der Waals surface area (Å²) in [7, 11) is 0. The van der Waals surface area contributed by atoms with Gasteiger partial charge in [0.15, 0.2) is 0 Å². The molecule has 5 heteroatoms. The second-order valence-electron chi connectivity index (χ2n) is 16.0. The Morgan fingerprint density at radius 3 is 1.83 bits per heavy atom. The lowest BCUT2D eigenvalue weighted by Gasteiger charge is -2.33. The molecule has 0 amide bonds. The standard InChI is InChI=1S/C53H40N4O/c1-33-27-28-50(57-44-24-12-7-19-38(44)39-20-8-13-25-45(39)57)54-53(34-15-3-2-4-16-34)55-52(33)37-31-47(51-41-22-10-14-26-48(41)58-49(51)32-37)56-43-23-11-9-21-40(43)42-29-35-17-5-6-18-36(35)30-46(42)56/h2-26,29-33,52-53,55H,27-28H2,1H3. The Bertz CT molecular complexity index is 3370. The van der Waals surface area contributed by atoms with Gasteiger partial charge < -0.3 is 8.98 Å². The number of hydrogen-bond donors (Lipinski definition) is 1. The van der Waals surface area contributed by atoms with E-state index in [2.05, 4.69) is 197 Å². The van der Waals surface area contributed by atoms with Crippen LogP contribution in [0.25, 0.3) is 82.0 Å². The molecule has 1 aliphatic rings. The van der Waals surface area contributed by atoms with Crippen molar-refractivity contribution < 1.29 is 4.42 Å². The number of aliphatic imine (C=N–C) groups is 1. The fourth-order valence-corrected chi connectivity index (χ4v) is 9.83. The van der Waals surface area contributed by atoms with Crippen molar-refractivity contribution in [2.75, 3.05) is 0 Å². The summed E-state index contributed by atoms with van der Waals surface area (Å²) in [5, 5.41) is 13.8. The lowest BCUT2D eigenvalue weighted by Crippen LogP contribution is -2.34. The molecule has 0 fully saturated rings. The predicted molar refractivity (Wildman–Crippen MR) is 241 cm³/mol. The van der Waals surface area contributed by atoms with Crippen molar-refractivity contribution in [1.29, 1.82) is 0 Å². The van der Waals surface area contributed by atoms with E-state index in [-0.39, 0.29) is 18.1 Å². The summed E-state index contributed by atoms with van der Waals surface area (Å²) >= 11 is 0. The van der Waals surface area contributed by atoms with Crippen molar-refractivity contribution in [2.24, 2.45) is 10.9 Å². The van der Waals surface area contributed by atoms with Gasteiger partial charge in [-0.2, -0.15) is 0 Å². The number of fused-ring (bicyclic) bond motifs is 10. The van der Waals surface area contributed by atoms with E-state index in [4.69, 9.17) is 9.41 Å². The van der Waals surface area contributed by atoms with Gasteiger partial charge in [0.25, 0.3) is 0 Å². The largest absolute Gasteiger partial charge is 0.456 e. The van der Waals surface area contributed by atoms with Crippen molar-refractivity contribution in [3.8, 4) is 5.69 Å². The minimum Gasteiger partial charge on any atom is -0.456 e. The molecule has 1 N–H and O–H groups in total. The third kappa shape index (κ3) is 5.10. The Balaban J connectivity index is 1.09. The summed E-state index contributed by atoms with van der Waals surface area (Å²) in [4.78, 5) is 5.68. The average Bonchev–Trinajstić information content (AvgIpc) is 3.92. The van der Waals surface area contributed by atoms with E-state index in [1.54, 1.807) is 0 Å². The van der Waals surface area contributed by atoms with Crippen LogP contribution in [0.1, 0.15) is 43.1 Å². The molecule has 1 aliphatic heterocycles. The molecule has 11 aromatic rings. The lowest BCUT2D eigenvalue weighted by molar-refractivity contribution is 0.327. The maximum absolute atomic E-state index is 6.80. The van der Waals surface area contributed by atoms with Crippen molar-refractivity contribution in [1.82, 2.24) is 14.5 Å². The van der Waals surface area contributed by atoms with Crippen molar-refractivity contribution in [3.63, 3.8) is 0 Å². The molecule has 0 radical (unpaired) electrons. The quantitative estimate of drug-likeness (QED) is 0.196. The summed E-state index contributed by atoms with van der Waals surface area (Å²) in [5.41, 5.74) is 9.99. The molecule has 3 aromatic heterocycles. The number of para-hydroxylation sites is 4. The molecular weight excluding hydrogens is 709 g/mol. The SMILES string of the molecule is CC1CCC(n2c3ccccc3c3ccccc32)=NC(c2ccccc2)NC1c1cc(-n2c3ccccc3c3cc4ccccc4cc32)c2c(c1)oc1ccccc12. The number of benzene rings is 8. The second-order valence-corrected chi connectivity index (χ2v) is 16.0. The molecule has 12 rings (SSSR count). The van der Waals surface area contributed by atoms with Gasteiger partial charge in [0.05, 0.1) is 33.1 Å². The minimum absolute atomic E-state index is 0.0149. The van der Waals surface area contributed by atoms with Gasteiger partial charge >= 0.3 is 0 Å². The van der Waals surface area contributed by atoms with Crippen molar-refractivity contribution >= 4 is 82.2 Å². The molecule has 3 atom stereocenters. The Morgan fingerprint density at radius 2 is 1.10 bits per heavy atom. The highest BCUT2D eigenvalue weighted by molar-refractivity contribution is 6.17. The first-order chi connectivity index (χ1) is 28.7. The maximum Gasteiger partial charge on any atom is 0.137 e. The first kappa shape index (κ1) is 33.2. The van der Waals surface area contributed by atoms with Crippen molar-refractivity contribution in [2.45, 2.75) is 32.0 Å². The summed E-state index contributed by atoms with van der Waals surface area (Å²) in [5.74, 6) is 1.34. The predicted octanol–water partition coefficient (Wildman–Crippen LogP) is 13.7. The minimum atomic E-state index is -0.279. The van der Waals surface area contributed by atoms with Gasteiger partial charge in [0.1, 0.15) is 23.2 Å². The number of aromatic nitrogens is 2. The second kappa shape index (κ2) is 13.1. The smallest absolute Gasteiger partial charge is 0.137 e. The van der Waals surface area contributed by atoms with E-state index >= 15 is 0 Å². The Kier molecular flexibility index (Phi) is 7.47. The number of nitrogens with one attached hydrogen (secondary N) is 1. The van der Waals surface area contributed by atoms with Gasteiger partial charge in [-0.05, 0) is 82.8 Å². The molecule has 0 saturated heterocycles. The molecule has 3 unspecified atom stereocenters. The normalized spacial score (nSPS) is 17.8. The van der Waals surface area contributed by atoms with Crippen LogP contribution in [-0.2, 0) is 0 Å². The summed E-state index contributed by atoms with van der Waals surface area (Å²) in [6, 6.07) is 63.6. The summed E-state index contributed by atoms with van der Waals surface area (Å²) < 4.78 is 11.7. The number of furan rings is 1. The van der Waals surface area contributed by atoms with Crippen LogP contribution in [0.15, 0.2) is 185 Å². The molecule has 278 valence electrons. The molecule has 5 nitrogen and oxygen atoms in total. The van der Waals surface area contributed by atoms with Crippen LogP contribution in [0.5, 0.6) is 0 Å². The highest BCUT2D eigenvalue weighted by Gasteiger charge is 2.30. The Morgan fingerprint density at radius 1 is 0.517 bits per heavy atom. The van der Waals surface area contributed by atoms with E-state index < -0.39 is 0 Å². The van der Waals surface area contributed by atoms with Gasteiger partial charge in [0, 0.05) is 39.4 Å². The summed E-state index contributed by atoms with van der Waals surface area (Å²) in [6.45, 7) is 2.39. The third-order valence-corrected chi connectivity index (χ3v) is 12.6. The molecule has 0 bridgehead atoms. The zero-order chi connectivity index (χ0) is 38.3. The monoisotopic (exact) mass is 748 g/mol. The van der Waals surface area contributed by atoms with Crippen LogP contribution < -0.4 is 5.32 Å². The van der Waals surface area contributed by atoms with Gasteiger partial charge in [-0.3, -0.25) is 9.88 Å². The fraction of sp³-hybridized carbons (Fsp3) is 0.113. The maximum atomic E-state index is 6.80. The number of rotatable bonds is 3. The lowest BCUT2D eigenvalue weighted by atomic mass is 9.88. The zero-order valence-electron chi connectivity index (χ0n) is 32.1. The van der Waals surface area contributed by atoms with E-state index in [9.17, 15) is 0 Å². The molecule has 4 heterocycles. The molecule has 0 aliphatic carbocycles.